The lowest BCUT2D eigenvalue weighted by molar-refractivity contribution is 0.403. The van der Waals surface area contributed by atoms with Gasteiger partial charge >= 0.3 is 0 Å². The van der Waals surface area contributed by atoms with E-state index in [1.165, 1.54) is 16.7 Å². The zero-order valence-electron chi connectivity index (χ0n) is 12.8. The van der Waals surface area contributed by atoms with E-state index in [1.54, 1.807) is 7.11 Å². The Balaban J connectivity index is 2.00. The van der Waals surface area contributed by atoms with Crippen molar-refractivity contribution in [3.05, 3.63) is 65.2 Å². The molecule has 0 spiro atoms. The van der Waals surface area contributed by atoms with E-state index in [2.05, 4.69) is 48.7 Å². The average molecular weight is 284 g/mol. The molecule has 0 aromatic heterocycles. The highest BCUT2D eigenvalue weighted by Gasteiger charge is 2.12. The summed E-state index contributed by atoms with van der Waals surface area (Å²) in [6.45, 7) is 2.10. The number of rotatable bonds is 7. The number of hydrogen-bond donors (Lipinski definition) is 2. The van der Waals surface area contributed by atoms with Crippen molar-refractivity contribution in [2.24, 2.45) is 5.84 Å². The summed E-state index contributed by atoms with van der Waals surface area (Å²) in [7, 11) is 1.71. The van der Waals surface area contributed by atoms with Crippen LogP contribution in [0.25, 0.3) is 0 Å². The molecule has 3 nitrogen and oxygen atoms in total. The van der Waals surface area contributed by atoms with E-state index < -0.39 is 0 Å². The molecule has 0 bridgehead atoms. The Kier molecular flexibility index (Phi) is 5.78. The molecule has 3 N–H and O–H groups in total. The predicted molar refractivity (Wildman–Crippen MR) is 87.3 cm³/mol. The molecule has 0 amide bonds. The third kappa shape index (κ3) is 4.59. The molecule has 0 aliphatic rings. The Labute approximate surface area is 127 Å². The van der Waals surface area contributed by atoms with Gasteiger partial charge in [-0.25, -0.2) is 0 Å². The maximum atomic E-state index is 5.72. The van der Waals surface area contributed by atoms with Crippen LogP contribution in [0.5, 0.6) is 5.75 Å². The van der Waals surface area contributed by atoms with Crippen molar-refractivity contribution in [2.75, 3.05) is 7.11 Å². The predicted octanol–water partition coefficient (Wildman–Crippen LogP) is 3.01. The van der Waals surface area contributed by atoms with Gasteiger partial charge in [-0.15, -0.1) is 0 Å². The summed E-state index contributed by atoms with van der Waals surface area (Å²) in [5.74, 6) is 6.65. The van der Waals surface area contributed by atoms with Crippen LogP contribution in [0.1, 0.15) is 23.1 Å². The van der Waals surface area contributed by atoms with Gasteiger partial charge in [-0.05, 0) is 43.4 Å². The first-order valence-corrected chi connectivity index (χ1v) is 7.36. The number of ether oxygens (including phenoxy) is 1. The van der Waals surface area contributed by atoms with Gasteiger partial charge in [-0.1, -0.05) is 48.0 Å². The summed E-state index contributed by atoms with van der Waals surface area (Å²) < 4.78 is 5.44. The average Bonchev–Trinajstić information content (AvgIpc) is 2.52. The molecular weight excluding hydrogens is 260 g/mol. The zero-order valence-corrected chi connectivity index (χ0v) is 12.8. The number of aryl methyl sites for hydroxylation is 2. The highest BCUT2D eigenvalue weighted by molar-refractivity contribution is 5.37. The van der Waals surface area contributed by atoms with Crippen molar-refractivity contribution in [2.45, 2.75) is 32.2 Å². The molecule has 2 aromatic rings. The summed E-state index contributed by atoms with van der Waals surface area (Å²) in [6, 6.07) is 17.0. The van der Waals surface area contributed by atoms with Crippen LogP contribution in [0.3, 0.4) is 0 Å². The molecule has 0 aliphatic heterocycles. The lowest BCUT2D eigenvalue weighted by Gasteiger charge is -2.18. The van der Waals surface area contributed by atoms with Crippen LogP contribution in [-0.2, 0) is 12.8 Å². The molecule has 1 atom stereocenters. The number of nitrogens with two attached hydrogens (primary N) is 1. The minimum Gasteiger partial charge on any atom is -0.496 e. The van der Waals surface area contributed by atoms with Gasteiger partial charge in [0.25, 0.3) is 0 Å². The Hall–Kier alpha value is -1.84. The van der Waals surface area contributed by atoms with Crippen molar-refractivity contribution < 1.29 is 4.74 Å². The summed E-state index contributed by atoms with van der Waals surface area (Å²) in [6.07, 6.45) is 2.88. The molecule has 21 heavy (non-hydrogen) atoms. The number of hydrogen-bond acceptors (Lipinski definition) is 3. The van der Waals surface area contributed by atoms with Gasteiger partial charge in [0.05, 0.1) is 7.11 Å². The quantitative estimate of drug-likeness (QED) is 0.607. The van der Waals surface area contributed by atoms with Crippen LogP contribution in [-0.4, -0.2) is 13.2 Å². The minimum atomic E-state index is 0.237. The first kappa shape index (κ1) is 15.5. The van der Waals surface area contributed by atoms with E-state index in [0.29, 0.717) is 0 Å². The van der Waals surface area contributed by atoms with Gasteiger partial charge in [-0.3, -0.25) is 11.3 Å². The highest BCUT2D eigenvalue weighted by atomic mass is 16.5. The van der Waals surface area contributed by atoms with Crippen molar-refractivity contribution in [3.63, 3.8) is 0 Å². The number of hydrazine groups is 1. The molecule has 0 radical (unpaired) electrons. The van der Waals surface area contributed by atoms with E-state index >= 15 is 0 Å². The van der Waals surface area contributed by atoms with Gasteiger partial charge in [0, 0.05) is 6.04 Å². The third-order valence-corrected chi connectivity index (χ3v) is 3.76. The van der Waals surface area contributed by atoms with Gasteiger partial charge in [0.2, 0.25) is 0 Å². The Morgan fingerprint density at radius 2 is 1.90 bits per heavy atom. The second-order valence-corrected chi connectivity index (χ2v) is 5.41. The Morgan fingerprint density at radius 1 is 1.14 bits per heavy atom. The van der Waals surface area contributed by atoms with Crippen molar-refractivity contribution in [3.8, 4) is 5.75 Å². The van der Waals surface area contributed by atoms with E-state index in [4.69, 9.17) is 10.6 Å². The smallest absolute Gasteiger partial charge is 0.122 e. The second-order valence-electron chi connectivity index (χ2n) is 5.41. The summed E-state index contributed by atoms with van der Waals surface area (Å²) in [5, 5.41) is 0. The molecule has 0 aliphatic carbocycles. The molecular formula is C18H24N2O. The topological polar surface area (TPSA) is 47.3 Å². The fourth-order valence-corrected chi connectivity index (χ4v) is 2.56. The van der Waals surface area contributed by atoms with E-state index in [9.17, 15) is 0 Å². The Bertz CT molecular complexity index is 554. The summed E-state index contributed by atoms with van der Waals surface area (Å²) in [5.41, 5.74) is 6.72. The molecule has 3 heteroatoms. The molecule has 112 valence electrons. The SMILES string of the molecule is COc1ccc(C)cc1CC(CCc1ccccc1)NN. The van der Waals surface area contributed by atoms with E-state index in [0.717, 1.165) is 25.0 Å². The maximum Gasteiger partial charge on any atom is 0.122 e. The second kappa shape index (κ2) is 7.81. The van der Waals surface area contributed by atoms with Gasteiger partial charge in [0.1, 0.15) is 5.75 Å². The normalized spacial score (nSPS) is 12.1. The molecule has 0 saturated carbocycles. The van der Waals surface area contributed by atoms with Crippen LogP contribution in [0.4, 0.5) is 0 Å². The number of nitrogens with one attached hydrogen (secondary N) is 1. The number of methoxy groups -OCH3 is 1. The molecule has 1 unspecified atom stereocenters. The fraction of sp³-hybridized carbons (Fsp3) is 0.333. The van der Waals surface area contributed by atoms with Crippen molar-refractivity contribution in [1.82, 2.24) is 5.43 Å². The first-order chi connectivity index (χ1) is 10.2. The molecule has 2 rings (SSSR count). The summed E-state index contributed by atoms with van der Waals surface area (Å²) in [4.78, 5) is 0. The molecule has 0 heterocycles. The van der Waals surface area contributed by atoms with Gasteiger partial charge in [0.15, 0.2) is 0 Å². The standard InChI is InChI=1S/C18H24N2O/c1-14-8-11-18(21-2)16(12-14)13-17(20-19)10-9-15-6-4-3-5-7-15/h3-8,11-12,17,20H,9-10,13,19H2,1-2H3. The maximum absolute atomic E-state index is 5.72. The monoisotopic (exact) mass is 284 g/mol. The highest BCUT2D eigenvalue weighted by Crippen LogP contribution is 2.22. The van der Waals surface area contributed by atoms with Crippen LogP contribution in [0.2, 0.25) is 0 Å². The van der Waals surface area contributed by atoms with Crippen LogP contribution >= 0.6 is 0 Å². The summed E-state index contributed by atoms with van der Waals surface area (Å²) >= 11 is 0. The van der Waals surface area contributed by atoms with Gasteiger partial charge < -0.3 is 4.74 Å². The first-order valence-electron chi connectivity index (χ1n) is 7.36. The largest absolute Gasteiger partial charge is 0.496 e. The minimum absolute atomic E-state index is 0.237. The lowest BCUT2D eigenvalue weighted by Crippen LogP contribution is -2.37. The third-order valence-electron chi connectivity index (χ3n) is 3.76. The van der Waals surface area contributed by atoms with E-state index in [-0.39, 0.29) is 6.04 Å². The van der Waals surface area contributed by atoms with Crippen LogP contribution < -0.4 is 16.0 Å². The fourth-order valence-electron chi connectivity index (χ4n) is 2.56. The van der Waals surface area contributed by atoms with E-state index in [1.807, 2.05) is 12.1 Å². The number of benzene rings is 2. The van der Waals surface area contributed by atoms with Gasteiger partial charge in [-0.2, -0.15) is 0 Å². The van der Waals surface area contributed by atoms with Crippen LogP contribution in [0.15, 0.2) is 48.5 Å². The van der Waals surface area contributed by atoms with Crippen molar-refractivity contribution >= 4 is 0 Å². The lowest BCUT2D eigenvalue weighted by atomic mass is 9.98. The van der Waals surface area contributed by atoms with Crippen LogP contribution in [0, 0.1) is 6.92 Å². The molecule has 0 fully saturated rings. The Morgan fingerprint density at radius 3 is 2.57 bits per heavy atom. The van der Waals surface area contributed by atoms with Crippen molar-refractivity contribution in [1.29, 1.82) is 0 Å². The zero-order chi connectivity index (χ0) is 15.1. The molecule has 2 aromatic carbocycles. The molecule has 0 saturated heterocycles.